The number of likely N-dealkylation sites (tertiary alicyclic amines) is 1. The summed E-state index contributed by atoms with van der Waals surface area (Å²) in [5.74, 6) is 1.10. The van der Waals surface area contributed by atoms with E-state index in [0.717, 1.165) is 47.7 Å². The summed E-state index contributed by atoms with van der Waals surface area (Å²) in [6.07, 6.45) is -3.06. The van der Waals surface area contributed by atoms with Crippen LogP contribution in [-0.4, -0.2) is 76.0 Å². The van der Waals surface area contributed by atoms with Crippen LogP contribution < -0.4 is 4.74 Å². The molecule has 5 rings (SSSR count). The molecule has 0 bridgehead atoms. The number of aliphatic hydroxyl groups excluding tert-OH is 3. The molecule has 2 saturated heterocycles. The summed E-state index contributed by atoms with van der Waals surface area (Å²) >= 11 is 7.94. The second kappa shape index (κ2) is 13.6. The first kappa shape index (κ1) is 29.9. The van der Waals surface area contributed by atoms with E-state index < -0.39 is 30.5 Å². The maximum Gasteiger partial charge on any atom is 0.254 e. The Morgan fingerprint density at radius 1 is 1.00 bits per heavy atom. The van der Waals surface area contributed by atoms with E-state index in [-0.39, 0.29) is 5.91 Å². The molecule has 0 spiro atoms. The summed E-state index contributed by atoms with van der Waals surface area (Å²) < 4.78 is 11.8. The topological polar surface area (TPSA) is 99.5 Å². The predicted molar refractivity (Wildman–Crippen MR) is 160 cm³/mol. The van der Waals surface area contributed by atoms with E-state index in [1.54, 1.807) is 12.1 Å². The van der Waals surface area contributed by atoms with Gasteiger partial charge in [-0.25, -0.2) is 0 Å². The monoisotopic (exact) mass is 597 g/mol. The smallest absolute Gasteiger partial charge is 0.254 e. The Labute approximate surface area is 250 Å². The number of amides is 1. The van der Waals surface area contributed by atoms with Gasteiger partial charge in [0.15, 0.2) is 0 Å². The van der Waals surface area contributed by atoms with E-state index in [2.05, 4.69) is 0 Å². The first-order valence-corrected chi connectivity index (χ1v) is 15.4. The number of nitrogens with zero attached hydrogens (tertiary/aromatic N) is 1. The Morgan fingerprint density at radius 2 is 1.73 bits per heavy atom. The van der Waals surface area contributed by atoms with Gasteiger partial charge in [-0.3, -0.25) is 4.79 Å². The number of hydrogen-bond donors (Lipinski definition) is 3. The maximum atomic E-state index is 13.1. The molecule has 2 heterocycles. The van der Waals surface area contributed by atoms with Crippen LogP contribution in [0.2, 0.25) is 5.02 Å². The highest BCUT2D eigenvalue weighted by Crippen LogP contribution is 2.37. The van der Waals surface area contributed by atoms with E-state index >= 15 is 0 Å². The number of carbonyl (C=O) groups is 1. The minimum absolute atomic E-state index is 0.00488. The van der Waals surface area contributed by atoms with Gasteiger partial charge >= 0.3 is 0 Å². The third-order valence-electron chi connectivity index (χ3n) is 7.65. The van der Waals surface area contributed by atoms with Gasteiger partial charge in [0.2, 0.25) is 0 Å². The van der Waals surface area contributed by atoms with E-state index in [0.29, 0.717) is 34.9 Å². The lowest BCUT2D eigenvalue weighted by molar-refractivity contribution is -0.218. The summed E-state index contributed by atoms with van der Waals surface area (Å²) in [4.78, 5) is 15.8. The molecule has 1 amide bonds. The lowest BCUT2D eigenvalue weighted by atomic mass is 9.90. The summed E-state index contributed by atoms with van der Waals surface area (Å²) in [7, 11) is 0. The Kier molecular flexibility index (Phi) is 9.91. The van der Waals surface area contributed by atoms with Crippen molar-refractivity contribution in [2.24, 2.45) is 0 Å². The number of halogens is 1. The van der Waals surface area contributed by atoms with Gasteiger partial charge in [0.05, 0.1) is 18.3 Å². The molecule has 3 aromatic rings. The molecule has 2 aliphatic rings. The number of rotatable bonds is 9. The van der Waals surface area contributed by atoms with Crippen LogP contribution in [0.15, 0.2) is 71.6 Å². The van der Waals surface area contributed by atoms with Crippen molar-refractivity contribution >= 4 is 29.3 Å². The van der Waals surface area contributed by atoms with E-state index in [4.69, 9.17) is 21.1 Å². The van der Waals surface area contributed by atoms with Crippen LogP contribution in [0.4, 0.5) is 0 Å². The molecular weight excluding hydrogens is 562 g/mol. The Bertz CT molecular complexity index is 1330. The molecular formula is C32H36ClNO6S. The van der Waals surface area contributed by atoms with Crippen molar-refractivity contribution in [2.75, 3.05) is 25.4 Å². The summed E-state index contributed by atoms with van der Waals surface area (Å²) in [6.45, 7) is 4.06. The Morgan fingerprint density at radius 3 is 2.46 bits per heavy atom. The number of aliphatic hydroxyl groups is 3. The van der Waals surface area contributed by atoms with Gasteiger partial charge in [0.25, 0.3) is 5.91 Å². The third kappa shape index (κ3) is 6.91. The van der Waals surface area contributed by atoms with E-state index in [9.17, 15) is 20.1 Å². The molecule has 41 heavy (non-hydrogen) atoms. The van der Waals surface area contributed by atoms with Gasteiger partial charge in [0, 0.05) is 28.8 Å². The maximum absolute atomic E-state index is 13.1. The van der Waals surface area contributed by atoms with Crippen LogP contribution in [0.25, 0.3) is 0 Å². The predicted octanol–water partition coefficient (Wildman–Crippen LogP) is 4.88. The molecule has 218 valence electrons. The molecule has 0 radical (unpaired) electrons. The molecule has 0 unspecified atom stereocenters. The molecule has 3 aromatic carbocycles. The molecule has 5 atom stereocenters. The van der Waals surface area contributed by atoms with Crippen LogP contribution in [0.5, 0.6) is 5.75 Å². The Balaban J connectivity index is 1.31. The molecule has 2 fully saturated rings. The highest BCUT2D eigenvalue weighted by molar-refractivity contribution is 7.99. The fourth-order valence-corrected chi connectivity index (χ4v) is 6.68. The number of benzene rings is 3. The molecule has 7 nitrogen and oxygen atoms in total. The van der Waals surface area contributed by atoms with Crippen LogP contribution >= 0.6 is 23.4 Å². The minimum Gasteiger partial charge on any atom is -0.494 e. The summed E-state index contributed by atoms with van der Waals surface area (Å²) in [6, 6.07) is 20.7. The van der Waals surface area contributed by atoms with Crippen LogP contribution in [0.1, 0.15) is 52.9 Å². The minimum atomic E-state index is -1.40. The second-order valence-corrected chi connectivity index (χ2v) is 11.9. The largest absolute Gasteiger partial charge is 0.494 e. The fraction of sp³-hybridized carbons (Fsp3) is 0.406. The molecule has 2 aliphatic heterocycles. The lowest BCUT2D eigenvalue weighted by Gasteiger charge is -2.41. The Hall–Kier alpha value is -2.59. The summed E-state index contributed by atoms with van der Waals surface area (Å²) in [5.41, 5.74) is 3.18. The van der Waals surface area contributed by atoms with Crippen molar-refractivity contribution in [1.29, 1.82) is 0 Å². The quantitative estimate of drug-likeness (QED) is 0.302. The number of thioether (sulfide) groups is 1. The van der Waals surface area contributed by atoms with Crippen molar-refractivity contribution in [3.8, 4) is 5.75 Å². The fourth-order valence-electron chi connectivity index (χ4n) is 5.39. The number of ether oxygens (including phenoxy) is 2. The third-order valence-corrected chi connectivity index (χ3v) is 9.18. The highest BCUT2D eigenvalue weighted by Gasteiger charge is 2.44. The van der Waals surface area contributed by atoms with Crippen LogP contribution in [0, 0.1) is 0 Å². The van der Waals surface area contributed by atoms with Gasteiger partial charge in [-0.15, -0.1) is 11.8 Å². The van der Waals surface area contributed by atoms with Crippen molar-refractivity contribution in [3.05, 3.63) is 94.0 Å². The zero-order chi connectivity index (χ0) is 28.9. The molecule has 9 heteroatoms. The molecule has 0 aliphatic carbocycles. The van der Waals surface area contributed by atoms with Crippen LogP contribution in [-0.2, 0) is 11.2 Å². The standard InChI is InChI=1S/C32H36ClNO6S/c1-2-39-23-12-9-20(10-13-23)17-22-18-21(11-14-25(22)33)31-30(37)29(36)28(35)26(40-31)19-41-27-8-4-3-7-24(27)32(38)34-15-5-6-16-34/h3-4,7-14,18,26,28-31,35-37H,2,5-6,15-17,19H2,1H3/t26-,28-,29+,30-,31+/m1/s1. The highest BCUT2D eigenvalue weighted by atomic mass is 35.5. The van der Waals surface area contributed by atoms with E-state index in [1.807, 2.05) is 66.4 Å². The zero-order valence-electron chi connectivity index (χ0n) is 23.0. The SMILES string of the molecule is CCOc1ccc(Cc2cc([C@@H]3O[C@H](CSc4ccccc4C(=O)N4CCCC4)[C@@H](O)[C@H](O)[C@H]3O)ccc2Cl)cc1. The summed E-state index contributed by atoms with van der Waals surface area (Å²) in [5, 5.41) is 33.1. The normalized spacial score (nSPS) is 24.4. The van der Waals surface area contributed by atoms with Crippen LogP contribution in [0.3, 0.4) is 0 Å². The van der Waals surface area contributed by atoms with Gasteiger partial charge in [-0.2, -0.15) is 0 Å². The first-order chi connectivity index (χ1) is 19.9. The van der Waals surface area contributed by atoms with Gasteiger partial charge in [0.1, 0.15) is 30.2 Å². The van der Waals surface area contributed by atoms with Gasteiger partial charge < -0.3 is 29.7 Å². The van der Waals surface area contributed by atoms with Crippen molar-refractivity contribution in [1.82, 2.24) is 4.90 Å². The van der Waals surface area contributed by atoms with Crippen molar-refractivity contribution in [2.45, 2.75) is 61.6 Å². The van der Waals surface area contributed by atoms with Gasteiger partial charge in [-0.1, -0.05) is 48.0 Å². The van der Waals surface area contributed by atoms with Gasteiger partial charge in [-0.05, 0) is 73.2 Å². The molecule has 3 N–H and O–H groups in total. The molecule has 0 aromatic heterocycles. The van der Waals surface area contributed by atoms with Crippen molar-refractivity contribution in [3.63, 3.8) is 0 Å². The van der Waals surface area contributed by atoms with E-state index in [1.165, 1.54) is 11.8 Å². The lowest BCUT2D eigenvalue weighted by Crippen LogP contribution is -2.54. The number of hydrogen-bond acceptors (Lipinski definition) is 7. The first-order valence-electron chi connectivity index (χ1n) is 14.1. The number of carbonyl (C=O) groups excluding carboxylic acids is 1. The van der Waals surface area contributed by atoms with Crippen molar-refractivity contribution < 1.29 is 29.6 Å². The second-order valence-electron chi connectivity index (χ2n) is 10.5. The molecule has 0 saturated carbocycles. The average molecular weight is 598 g/mol. The average Bonchev–Trinajstić information content (AvgIpc) is 3.53. The zero-order valence-corrected chi connectivity index (χ0v) is 24.6.